The molecule has 2 heterocycles. The van der Waals surface area contributed by atoms with E-state index in [9.17, 15) is 14.7 Å². The van der Waals surface area contributed by atoms with Crippen molar-refractivity contribution >= 4 is 22.7 Å². The van der Waals surface area contributed by atoms with Gasteiger partial charge in [0.05, 0.1) is 6.54 Å². The monoisotopic (exact) mass is 340 g/mol. The second kappa shape index (κ2) is 6.37. The van der Waals surface area contributed by atoms with Crippen LogP contribution < -0.4 is 4.74 Å². The van der Waals surface area contributed by atoms with E-state index in [0.717, 1.165) is 22.1 Å². The van der Waals surface area contributed by atoms with Crippen LogP contribution >= 0.6 is 0 Å². The second-order valence-electron chi connectivity index (χ2n) is 6.56. The molecule has 1 N–H and O–H groups in total. The van der Waals surface area contributed by atoms with Crippen LogP contribution in [0.5, 0.6) is 5.75 Å². The van der Waals surface area contributed by atoms with Crippen molar-refractivity contribution in [2.24, 2.45) is 0 Å². The minimum atomic E-state index is -0.917. The van der Waals surface area contributed by atoms with Crippen molar-refractivity contribution in [2.45, 2.75) is 25.0 Å². The Balaban J connectivity index is 1.36. The summed E-state index contributed by atoms with van der Waals surface area (Å²) in [7, 11) is 0. The van der Waals surface area contributed by atoms with Gasteiger partial charge in [-0.25, -0.2) is 4.79 Å². The molecule has 0 aromatic heterocycles. The summed E-state index contributed by atoms with van der Waals surface area (Å²) in [5.41, 5.74) is 0. The van der Waals surface area contributed by atoms with E-state index in [0.29, 0.717) is 18.7 Å². The third-order valence-corrected chi connectivity index (χ3v) is 4.84. The number of aliphatic hydroxyl groups excluding tert-OH is 1. The summed E-state index contributed by atoms with van der Waals surface area (Å²) < 4.78 is 5.64. The Labute approximate surface area is 145 Å². The van der Waals surface area contributed by atoms with E-state index >= 15 is 0 Å². The highest BCUT2D eigenvalue weighted by Crippen LogP contribution is 2.27. The highest BCUT2D eigenvalue weighted by molar-refractivity contribution is 6.04. The molecule has 0 aliphatic carbocycles. The van der Waals surface area contributed by atoms with E-state index in [-0.39, 0.29) is 31.1 Å². The predicted molar refractivity (Wildman–Crippen MR) is 92.3 cm³/mol. The van der Waals surface area contributed by atoms with Gasteiger partial charge in [-0.05, 0) is 35.7 Å². The van der Waals surface area contributed by atoms with Crippen LogP contribution in [0.15, 0.2) is 42.5 Å². The highest BCUT2D eigenvalue weighted by Gasteiger charge is 2.47. The van der Waals surface area contributed by atoms with Crippen molar-refractivity contribution in [1.29, 1.82) is 0 Å². The molecule has 6 nitrogen and oxygen atoms in total. The molecule has 2 aromatic rings. The number of carbonyl (C=O) groups excluding carboxylic acids is 2. The maximum atomic E-state index is 12.3. The Morgan fingerprint density at radius 2 is 1.96 bits per heavy atom. The summed E-state index contributed by atoms with van der Waals surface area (Å²) >= 11 is 0. The Bertz CT molecular complexity index is 800. The van der Waals surface area contributed by atoms with Crippen molar-refractivity contribution in [3.8, 4) is 5.75 Å². The molecule has 3 amide bonds. The number of ether oxygens (including phenoxy) is 1. The Morgan fingerprint density at radius 1 is 1.16 bits per heavy atom. The number of nitrogens with zero attached hydrogens (tertiary/aromatic N) is 2. The van der Waals surface area contributed by atoms with Crippen molar-refractivity contribution in [1.82, 2.24) is 9.80 Å². The van der Waals surface area contributed by atoms with Gasteiger partial charge in [0.25, 0.3) is 5.91 Å². The topological polar surface area (TPSA) is 70.1 Å². The molecule has 2 fully saturated rings. The first-order chi connectivity index (χ1) is 12.1. The molecule has 0 radical (unpaired) electrons. The molecule has 0 saturated carbocycles. The third kappa shape index (κ3) is 2.93. The fourth-order valence-electron chi connectivity index (χ4n) is 3.56. The van der Waals surface area contributed by atoms with Gasteiger partial charge >= 0.3 is 6.03 Å². The molecule has 0 bridgehead atoms. The van der Waals surface area contributed by atoms with Crippen LogP contribution in [0.1, 0.15) is 12.8 Å². The van der Waals surface area contributed by atoms with Gasteiger partial charge in [0.2, 0.25) is 0 Å². The largest absolute Gasteiger partial charge is 0.491 e. The van der Waals surface area contributed by atoms with Gasteiger partial charge in [0.15, 0.2) is 0 Å². The molecular weight excluding hydrogens is 320 g/mol. The summed E-state index contributed by atoms with van der Waals surface area (Å²) in [5.74, 6) is 0.449. The number of fused-ring (bicyclic) bond motifs is 2. The van der Waals surface area contributed by atoms with Crippen molar-refractivity contribution in [3.63, 3.8) is 0 Å². The predicted octanol–water partition coefficient (Wildman–Crippen LogP) is 2.01. The lowest BCUT2D eigenvalue weighted by Gasteiger charge is -2.19. The maximum absolute atomic E-state index is 12.3. The molecule has 2 atom stereocenters. The molecule has 2 saturated heterocycles. The summed E-state index contributed by atoms with van der Waals surface area (Å²) in [5, 5.41) is 12.4. The first kappa shape index (κ1) is 15.9. The maximum Gasteiger partial charge on any atom is 0.327 e. The van der Waals surface area contributed by atoms with Gasteiger partial charge in [-0.2, -0.15) is 0 Å². The summed E-state index contributed by atoms with van der Waals surface area (Å²) in [4.78, 5) is 27.2. The van der Waals surface area contributed by atoms with Crippen LogP contribution in [0.3, 0.4) is 0 Å². The average molecular weight is 340 g/mol. The molecule has 25 heavy (non-hydrogen) atoms. The minimum absolute atomic E-state index is 0.0278. The van der Waals surface area contributed by atoms with Crippen LogP contribution in [0.25, 0.3) is 10.8 Å². The molecule has 2 aromatic carbocycles. The van der Waals surface area contributed by atoms with Crippen molar-refractivity contribution in [2.75, 3.05) is 19.7 Å². The standard InChI is InChI=1S/C19H20N2O4/c22-15(11-21-18(23)17-6-3-9-20(17)19(21)24)12-25-16-8-7-13-4-1-2-5-14(13)10-16/h1-2,4-5,7-8,10,15,17,22H,3,6,9,11-12H2. The number of amides is 3. The smallest absolute Gasteiger partial charge is 0.327 e. The lowest BCUT2D eigenvalue weighted by molar-refractivity contribution is -0.129. The van der Waals surface area contributed by atoms with E-state index in [1.54, 1.807) is 4.90 Å². The Morgan fingerprint density at radius 3 is 2.76 bits per heavy atom. The van der Waals surface area contributed by atoms with Gasteiger partial charge in [-0.3, -0.25) is 9.69 Å². The first-order valence-corrected chi connectivity index (χ1v) is 8.55. The summed E-state index contributed by atoms with van der Waals surface area (Å²) in [6.07, 6.45) is 0.661. The number of urea groups is 1. The number of hydrogen-bond acceptors (Lipinski definition) is 4. The molecule has 2 aliphatic heterocycles. The zero-order chi connectivity index (χ0) is 17.4. The molecule has 6 heteroatoms. The summed E-state index contributed by atoms with van der Waals surface area (Å²) in [6.45, 7) is 0.619. The molecule has 2 aliphatic rings. The quantitative estimate of drug-likeness (QED) is 0.845. The number of benzene rings is 2. The molecule has 130 valence electrons. The van der Waals surface area contributed by atoms with Crippen LogP contribution in [0, 0.1) is 0 Å². The van der Waals surface area contributed by atoms with Crippen molar-refractivity contribution in [3.05, 3.63) is 42.5 Å². The third-order valence-electron chi connectivity index (χ3n) is 4.84. The normalized spacial score (nSPS) is 21.1. The molecule has 2 unspecified atom stereocenters. The van der Waals surface area contributed by atoms with Crippen LogP contribution in [-0.2, 0) is 4.79 Å². The van der Waals surface area contributed by atoms with Crippen molar-refractivity contribution < 1.29 is 19.4 Å². The van der Waals surface area contributed by atoms with E-state index in [2.05, 4.69) is 0 Å². The lowest BCUT2D eigenvalue weighted by atomic mass is 10.1. The first-order valence-electron chi connectivity index (χ1n) is 8.55. The number of aliphatic hydroxyl groups is 1. The van der Waals surface area contributed by atoms with E-state index in [1.165, 1.54) is 0 Å². The van der Waals surface area contributed by atoms with Gasteiger partial charge in [0.1, 0.15) is 24.5 Å². The fraction of sp³-hybridized carbons (Fsp3) is 0.368. The van der Waals surface area contributed by atoms with E-state index in [1.807, 2.05) is 42.5 Å². The fourth-order valence-corrected chi connectivity index (χ4v) is 3.56. The van der Waals surface area contributed by atoms with Gasteiger partial charge in [0, 0.05) is 6.54 Å². The number of β-amino-alcohol motifs (C(OH)–C–C–N with tert-alkyl or cyclic N) is 1. The van der Waals surface area contributed by atoms with Gasteiger partial charge < -0.3 is 14.7 Å². The van der Waals surface area contributed by atoms with Crippen LogP contribution in [0.4, 0.5) is 4.79 Å². The Kier molecular flexibility index (Phi) is 4.05. The number of carbonyl (C=O) groups is 2. The minimum Gasteiger partial charge on any atom is -0.491 e. The van der Waals surface area contributed by atoms with Crippen LogP contribution in [-0.4, -0.2) is 58.7 Å². The van der Waals surface area contributed by atoms with Gasteiger partial charge in [-0.1, -0.05) is 30.3 Å². The zero-order valence-electron chi connectivity index (χ0n) is 13.8. The van der Waals surface area contributed by atoms with Crippen LogP contribution in [0.2, 0.25) is 0 Å². The lowest BCUT2D eigenvalue weighted by Crippen LogP contribution is -2.41. The number of rotatable bonds is 5. The van der Waals surface area contributed by atoms with E-state index in [4.69, 9.17) is 4.74 Å². The SMILES string of the molecule is O=C1C2CCCN2C(=O)N1CC(O)COc1ccc2ccccc2c1. The van der Waals surface area contributed by atoms with E-state index < -0.39 is 6.10 Å². The number of hydrogen-bond donors (Lipinski definition) is 1. The second-order valence-corrected chi connectivity index (χ2v) is 6.56. The molecule has 0 spiro atoms. The number of imide groups is 1. The summed E-state index contributed by atoms with van der Waals surface area (Å²) in [6, 6.07) is 13.0. The highest BCUT2D eigenvalue weighted by atomic mass is 16.5. The average Bonchev–Trinajstić information content (AvgIpc) is 3.20. The Hall–Kier alpha value is -2.60. The molecule has 4 rings (SSSR count). The van der Waals surface area contributed by atoms with Gasteiger partial charge in [-0.15, -0.1) is 0 Å². The molecular formula is C19H20N2O4. The zero-order valence-corrected chi connectivity index (χ0v) is 13.8.